The number of rotatable bonds is 8. The third-order valence-electron chi connectivity index (χ3n) is 4.52. The Kier molecular flexibility index (Phi) is 8.15. The second-order valence-electron chi connectivity index (χ2n) is 6.37. The predicted molar refractivity (Wildman–Crippen MR) is 112 cm³/mol. The lowest BCUT2D eigenvalue weighted by Crippen LogP contribution is -2.10. The largest absolute Gasteiger partial charge is 0.496 e. The lowest BCUT2D eigenvalue weighted by Gasteiger charge is -2.19. The van der Waals surface area contributed by atoms with Crippen LogP contribution in [-0.4, -0.2) is 39.0 Å². The van der Waals surface area contributed by atoms with Gasteiger partial charge in [-0.25, -0.2) is 0 Å². The normalized spacial score (nSPS) is 11.6. The van der Waals surface area contributed by atoms with Crippen LogP contribution in [-0.2, 0) is 11.3 Å². The molecule has 0 fully saturated rings. The van der Waals surface area contributed by atoms with Gasteiger partial charge in [0.25, 0.3) is 0 Å². The number of ketones is 1. The van der Waals surface area contributed by atoms with Gasteiger partial charge in [-0.3, -0.25) is 4.79 Å². The van der Waals surface area contributed by atoms with Crippen LogP contribution < -0.4 is 14.2 Å². The molecular formula is C22H25ClO6. The average molecular weight is 421 g/mol. The first-order chi connectivity index (χ1) is 13.9. The Morgan fingerprint density at radius 2 is 1.93 bits per heavy atom. The second-order valence-corrected chi connectivity index (χ2v) is 6.78. The second kappa shape index (κ2) is 10.4. The summed E-state index contributed by atoms with van der Waals surface area (Å²) in [5, 5.41) is 11.3. The molecule has 0 amide bonds. The van der Waals surface area contributed by atoms with E-state index in [2.05, 4.69) is 11.8 Å². The van der Waals surface area contributed by atoms with Crippen LogP contribution >= 0.6 is 11.6 Å². The molecule has 0 radical (unpaired) electrons. The third kappa shape index (κ3) is 4.76. The molecule has 2 rings (SSSR count). The van der Waals surface area contributed by atoms with Crippen molar-refractivity contribution in [2.24, 2.45) is 5.92 Å². The van der Waals surface area contributed by atoms with E-state index in [1.807, 2.05) is 13.8 Å². The van der Waals surface area contributed by atoms with Gasteiger partial charge in [-0.15, -0.1) is 0 Å². The van der Waals surface area contributed by atoms with E-state index in [1.54, 1.807) is 12.1 Å². The zero-order valence-electron chi connectivity index (χ0n) is 17.2. The zero-order chi connectivity index (χ0) is 21.6. The standard InChI is InChI=1S/C22H25ClO6/c1-6-13(2)7-8-17(25)19-14(11-24)9-15-18(27-4)10-16(23)21(28-5)20(15)22(19)29-12-26-3/h9-10,13,24H,6,11-12H2,1-5H3/t13-/m0/s1. The van der Waals surface area contributed by atoms with Crippen molar-refractivity contribution in [2.45, 2.75) is 26.9 Å². The van der Waals surface area contributed by atoms with Gasteiger partial charge < -0.3 is 24.1 Å². The minimum atomic E-state index is -0.469. The fourth-order valence-corrected chi connectivity index (χ4v) is 3.14. The van der Waals surface area contributed by atoms with Crippen LogP contribution in [0.2, 0.25) is 5.02 Å². The zero-order valence-corrected chi connectivity index (χ0v) is 18.0. The summed E-state index contributed by atoms with van der Waals surface area (Å²) in [6, 6.07) is 3.26. The van der Waals surface area contributed by atoms with Crippen molar-refractivity contribution in [3.63, 3.8) is 0 Å². The molecule has 0 spiro atoms. The Bertz CT molecular complexity index is 958. The van der Waals surface area contributed by atoms with Gasteiger partial charge in [0.05, 0.1) is 36.8 Å². The number of benzene rings is 2. The highest BCUT2D eigenvalue weighted by Gasteiger charge is 2.25. The first kappa shape index (κ1) is 22.8. The number of carbonyl (C=O) groups excluding carboxylic acids is 1. The van der Waals surface area contributed by atoms with Crippen LogP contribution in [0.3, 0.4) is 0 Å². The Morgan fingerprint density at radius 3 is 2.48 bits per heavy atom. The average Bonchev–Trinajstić information content (AvgIpc) is 2.74. The predicted octanol–water partition coefficient (Wildman–Crippen LogP) is 4.22. The summed E-state index contributed by atoms with van der Waals surface area (Å²) in [6.45, 7) is 3.41. The SMILES string of the molecule is CC[C@H](C)C#CC(=O)c1c(CO)cc2c(OC)cc(Cl)c(OC)c2c1OCOC. The fraction of sp³-hybridized carbons (Fsp3) is 0.409. The number of Topliss-reactive ketones (excluding diaryl/α,β-unsaturated/α-hetero) is 1. The van der Waals surface area contributed by atoms with Crippen LogP contribution in [0.1, 0.15) is 36.2 Å². The number of aliphatic hydroxyl groups is 1. The minimum Gasteiger partial charge on any atom is -0.496 e. The van der Waals surface area contributed by atoms with Gasteiger partial charge in [0.2, 0.25) is 5.78 Å². The van der Waals surface area contributed by atoms with Crippen LogP contribution in [0, 0.1) is 17.8 Å². The molecule has 0 saturated carbocycles. The molecule has 1 N–H and O–H groups in total. The number of halogens is 1. The highest BCUT2D eigenvalue weighted by atomic mass is 35.5. The summed E-state index contributed by atoms with van der Waals surface area (Å²) in [7, 11) is 4.44. The maximum atomic E-state index is 13.0. The molecule has 7 heteroatoms. The molecule has 2 aromatic rings. The Hall–Kier alpha value is -2.46. The van der Waals surface area contributed by atoms with Crippen molar-refractivity contribution in [3.05, 3.63) is 28.3 Å². The molecule has 1 atom stereocenters. The highest BCUT2D eigenvalue weighted by Crippen LogP contribution is 2.46. The van der Waals surface area contributed by atoms with Crippen LogP contribution in [0.5, 0.6) is 17.2 Å². The molecule has 6 nitrogen and oxygen atoms in total. The summed E-state index contributed by atoms with van der Waals surface area (Å²) in [6.07, 6.45) is 0.818. The van der Waals surface area contributed by atoms with E-state index in [4.69, 9.17) is 30.5 Å². The molecule has 0 saturated heterocycles. The van der Waals surface area contributed by atoms with E-state index >= 15 is 0 Å². The maximum absolute atomic E-state index is 13.0. The van der Waals surface area contributed by atoms with Gasteiger partial charge in [-0.05, 0) is 24.0 Å². The van der Waals surface area contributed by atoms with Crippen molar-refractivity contribution in [1.82, 2.24) is 0 Å². The van der Waals surface area contributed by atoms with E-state index in [0.717, 1.165) is 6.42 Å². The Labute approximate surface area is 175 Å². The lowest BCUT2D eigenvalue weighted by molar-refractivity contribution is 0.0512. The molecule has 156 valence electrons. The first-order valence-electron chi connectivity index (χ1n) is 9.11. The Balaban J connectivity index is 2.93. The molecule has 0 aliphatic carbocycles. The van der Waals surface area contributed by atoms with E-state index in [-0.39, 0.29) is 30.6 Å². The number of ether oxygens (including phenoxy) is 4. The molecule has 0 aliphatic heterocycles. The summed E-state index contributed by atoms with van der Waals surface area (Å²) < 4.78 is 21.7. The van der Waals surface area contributed by atoms with E-state index in [1.165, 1.54) is 21.3 Å². The van der Waals surface area contributed by atoms with Crippen LogP contribution in [0.25, 0.3) is 10.8 Å². The highest BCUT2D eigenvalue weighted by molar-refractivity contribution is 6.34. The minimum absolute atomic E-state index is 0.0596. The Morgan fingerprint density at radius 1 is 1.21 bits per heavy atom. The summed E-state index contributed by atoms with van der Waals surface area (Å²) in [4.78, 5) is 13.0. The third-order valence-corrected chi connectivity index (χ3v) is 4.80. The molecule has 0 unspecified atom stereocenters. The quantitative estimate of drug-likeness (QED) is 0.298. The lowest BCUT2D eigenvalue weighted by atomic mass is 9.95. The number of hydrogen-bond acceptors (Lipinski definition) is 6. The van der Waals surface area contributed by atoms with Gasteiger partial charge >= 0.3 is 0 Å². The number of carbonyl (C=O) groups is 1. The molecule has 0 bridgehead atoms. The van der Waals surface area contributed by atoms with Crippen molar-refractivity contribution in [3.8, 4) is 29.1 Å². The number of aliphatic hydroxyl groups excluding tert-OH is 1. The van der Waals surface area contributed by atoms with Gasteiger partial charge in [0.1, 0.15) is 17.2 Å². The topological polar surface area (TPSA) is 74.2 Å². The van der Waals surface area contributed by atoms with Gasteiger partial charge in [0.15, 0.2) is 6.79 Å². The maximum Gasteiger partial charge on any atom is 0.240 e. The van der Waals surface area contributed by atoms with E-state index in [9.17, 15) is 9.90 Å². The smallest absolute Gasteiger partial charge is 0.240 e. The van der Waals surface area contributed by atoms with Crippen molar-refractivity contribution < 1.29 is 28.8 Å². The van der Waals surface area contributed by atoms with Crippen molar-refractivity contribution in [2.75, 3.05) is 28.1 Å². The molecular weight excluding hydrogens is 396 g/mol. The van der Waals surface area contributed by atoms with Gasteiger partial charge in [-0.1, -0.05) is 31.4 Å². The number of hydrogen-bond donors (Lipinski definition) is 1. The van der Waals surface area contributed by atoms with E-state index < -0.39 is 5.78 Å². The molecule has 0 heterocycles. The summed E-state index contributed by atoms with van der Waals surface area (Å²) in [5.41, 5.74) is 0.505. The first-order valence-corrected chi connectivity index (χ1v) is 9.49. The number of methoxy groups -OCH3 is 3. The molecule has 29 heavy (non-hydrogen) atoms. The van der Waals surface area contributed by atoms with Crippen LogP contribution in [0.4, 0.5) is 0 Å². The van der Waals surface area contributed by atoms with Crippen LogP contribution in [0.15, 0.2) is 12.1 Å². The van der Waals surface area contributed by atoms with Gasteiger partial charge in [0, 0.05) is 24.5 Å². The fourth-order valence-electron chi connectivity index (χ4n) is 2.87. The van der Waals surface area contributed by atoms with Crippen molar-refractivity contribution >= 4 is 28.2 Å². The van der Waals surface area contributed by atoms with E-state index in [0.29, 0.717) is 32.9 Å². The van der Waals surface area contributed by atoms with Crippen molar-refractivity contribution in [1.29, 1.82) is 0 Å². The molecule has 2 aromatic carbocycles. The van der Waals surface area contributed by atoms with Gasteiger partial charge in [-0.2, -0.15) is 0 Å². The molecule has 0 aliphatic rings. The monoisotopic (exact) mass is 420 g/mol. The summed E-state index contributed by atoms with van der Waals surface area (Å²) >= 11 is 6.37. The summed E-state index contributed by atoms with van der Waals surface area (Å²) in [5.74, 6) is 6.13. The number of fused-ring (bicyclic) bond motifs is 1. The molecule has 0 aromatic heterocycles.